The standard InChI is InChI=1S/C38H50N2O10/c1-7-39-17-35(18-48-33(43)21-10-8-9-11-24(21)40-27(41)14-20(2)32(40)42)13-12-26(45-4)37-23-15-22-25(44-3)16-36(28(23)29(22)46-5)38(34(37)39,50-19-49-36)31(47-6)30(35)37/h8-11,20,22-23,25-26,28-31,34H,7,12-19H2,1-6H3/t20-,22-,23+,25+,26-,28+,29+,30-,31+,34-,35+,36-,37-,38-/m0/s1. The first-order valence-corrected chi connectivity index (χ1v) is 18.4. The Morgan fingerprint density at radius 1 is 1.04 bits per heavy atom. The van der Waals surface area contributed by atoms with Gasteiger partial charge >= 0.3 is 5.97 Å². The van der Waals surface area contributed by atoms with Crippen molar-refractivity contribution in [1.82, 2.24) is 4.90 Å². The zero-order chi connectivity index (χ0) is 35.0. The van der Waals surface area contributed by atoms with E-state index in [2.05, 4.69) is 11.8 Å². The van der Waals surface area contributed by atoms with Crippen molar-refractivity contribution in [3.05, 3.63) is 29.8 Å². The highest BCUT2D eigenvalue weighted by Crippen LogP contribution is 2.82. The van der Waals surface area contributed by atoms with E-state index in [9.17, 15) is 14.4 Å². The van der Waals surface area contributed by atoms with E-state index >= 15 is 0 Å². The Morgan fingerprint density at radius 3 is 2.52 bits per heavy atom. The Hall–Kier alpha value is -2.45. The van der Waals surface area contributed by atoms with E-state index in [1.165, 1.54) is 0 Å². The molecule has 0 aromatic heterocycles. The summed E-state index contributed by atoms with van der Waals surface area (Å²) in [7, 11) is 7.24. The maximum absolute atomic E-state index is 14.2. The minimum Gasteiger partial charge on any atom is -0.461 e. The molecule has 0 radical (unpaired) electrons. The molecule has 7 bridgehead atoms. The van der Waals surface area contributed by atoms with Gasteiger partial charge in [-0.1, -0.05) is 26.0 Å². The largest absolute Gasteiger partial charge is 0.461 e. The molecular weight excluding hydrogens is 644 g/mol. The molecule has 5 saturated carbocycles. The van der Waals surface area contributed by atoms with Gasteiger partial charge < -0.3 is 33.2 Å². The van der Waals surface area contributed by atoms with Crippen LogP contribution in [0.25, 0.3) is 0 Å². The van der Waals surface area contributed by atoms with Gasteiger partial charge in [-0.25, -0.2) is 9.69 Å². The van der Waals surface area contributed by atoms with Crippen LogP contribution in [0, 0.1) is 40.4 Å². The summed E-state index contributed by atoms with van der Waals surface area (Å²) in [4.78, 5) is 43.8. The molecule has 1 aromatic carbocycles. The molecule has 3 aliphatic heterocycles. The summed E-state index contributed by atoms with van der Waals surface area (Å²) in [5.74, 6) is -1.22. The Bertz CT molecular complexity index is 1610. The molecule has 3 saturated heterocycles. The molecular formula is C38H50N2O10. The van der Waals surface area contributed by atoms with E-state index in [0.29, 0.717) is 13.0 Å². The first-order chi connectivity index (χ1) is 24.1. The maximum Gasteiger partial charge on any atom is 0.340 e. The van der Waals surface area contributed by atoms with Crippen LogP contribution in [-0.4, -0.2) is 119 Å². The summed E-state index contributed by atoms with van der Waals surface area (Å²) in [6, 6.07) is 6.72. The molecule has 0 unspecified atom stereocenters. The van der Waals surface area contributed by atoms with Gasteiger partial charge in [0.25, 0.3) is 0 Å². The minimum absolute atomic E-state index is 0.0457. The van der Waals surface area contributed by atoms with Gasteiger partial charge in [-0.15, -0.1) is 0 Å². The van der Waals surface area contributed by atoms with Gasteiger partial charge in [0.15, 0.2) is 0 Å². The van der Waals surface area contributed by atoms with Gasteiger partial charge in [0.05, 0.1) is 48.3 Å². The van der Waals surface area contributed by atoms with Crippen molar-refractivity contribution < 1.29 is 47.5 Å². The Morgan fingerprint density at radius 2 is 1.84 bits per heavy atom. The van der Waals surface area contributed by atoms with Crippen LogP contribution >= 0.6 is 0 Å². The third kappa shape index (κ3) is 3.64. The molecule has 0 N–H and O–H groups in total. The van der Waals surface area contributed by atoms with Crippen LogP contribution < -0.4 is 4.90 Å². The number of carbonyl (C=O) groups is 3. The molecule has 3 heterocycles. The molecule has 3 spiro atoms. The average molecular weight is 695 g/mol. The fourth-order valence-electron chi connectivity index (χ4n) is 13.9. The number of anilines is 1. The number of rotatable bonds is 9. The molecule has 2 amide bonds. The third-order valence-corrected chi connectivity index (χ3v) is 15.1. The number of piperidine rings is 1. The van der Waals surface area contributed by atoms with Gasteiger partial charge in [0.1, 0.15) is 18.0 Å². The monoisotopic (exact) mass is 694 g/mol. The first kappa shape index (κ1) is 33.4. The fraction of sp³-hybridized carbons (Fsp3) is 0.763. The second-order valence-electron chi connectivity index (χ2n) is 16.3. The van der Waals surface area contributed by atoms with Crippen molar-refractivity contribution in [2.75, 3.05) is 59.8 Å². The Balaban J connectivity index is 1.16. The van der Waals surface area contributed by atoms with Gasteiger partial charge in [0, 0.05) is 82.3 Å². The smallest absolute Gasteiger partial charge is 0.340 e. The van der Waals surface area contributed by atoms with E-state index in [4.69, 9.17) is 33.2 Å². The number of methoxy groups -OCH3 is 4. The molecule has 12 nitrogen and oxygen atoms in total. The van der Waals surface area contributed by atoms with E-state index in [0.717, 1.165) is 30.7 Å². The number of esters is 1. The minimum atomic E-state index is -0.820. The van der Waals surface area contributed by atoms with Crippen molar-refractivity contribution in [3.8, 4) is 0 Å². The highest BCUT2D eigenvalue weighted by Gasteiger charge is 2.94. The molecule has 12 heteroatoms. The number of fused-ring (bicyclic) bond motifs is 1. The van der Waals surface area contributed by atoms with Crippen LogP contribution in [0.2, 0.25) is 0 Å². The summed E-state index contributed by atoms with van der Waals surface area (Å²) in [5, 5.41) is 0. The number of likely N-dealkylation sites (N-methyl/N-ethyl adjacent to an activating group) is 1. The van der Waals surface area contributed by atoms with Crippen LogP contribution in [0.1, 0.15) is 56.3 Å². The Kier molecular flexibility index (Phi) is 7.53. The second kappa shape index (κ2) is 11.3. The lowest BCUT2D eigenvalue weighted by molar-refractivity contribution is -0.286. The molecule has 272 valence electrons. The van der Waals surface area contributed by atoms with Crippen molar-refractivity contribution in [3.63, 3.8) is 0 Å². The van der Waals surface area contributed by atoms with Crippen molar-refractivity contribution >= 4 is 23.5 Å². The lowest BCUT2D eigenvalue weighted by Crippen LogP contribution is -2.81. The number of imide groups is 1. The number of ether oxygens (including phenoxy) is 7. The zero-order valence-electron chi connectivity index (χ0n) is 29.9. The SMILES string of the molecule is CCN1C[C@@]2(COC(=O)c3ccccc3N3C(=O)C[C@H](C)C3=O)CC[C@H](OC)[C@@]34[C@@H]5C[C@@H]6[C@@H](OC)[C@@H]5[C@]5(C[C@H]6OC)OCO[C@@]5([C@H](OC)[C@@H]23)[C@@H]14. The lowest BCUT2D eigenvalue weighted by atomic mass is 9.42. The molecule has 8 aliphatic rings. The number of likely N-dealkylation sites (tertiary alicyclic amines) is 1. The van der Waals surface area contributed by atoms with Crippen LogP contribution in [0.3, 0.4) is 0 Å². The topological polar surface area (TPSA) is 122 Å². The van der Waals surface area contributed by atoms with Crippen LogP contribution in [0.4, 0.5) is 5.69 Å². The first-order valence-electron chi connectivity index (χ1n) is 18.4. The lowest BCUT2D eigenvalue weighted by Gasteiger charge is -2.70. The maximum atomic E-state index is 14.2. The number of hydrogen-bond acceptors (Lipinski definition) is 11. The van der Waals surface area contributed by atoms with Gasteiger partial charge in [-0.2, -0.15) is 0 Å². The average Bonchev–Trinajstić information content (AvgIpc) is 3.78. The van der Waals surface area contributed by atoms with Crippen molar-refractivity contribution in [1.29, 1.82) is 0 Å². The van der Waals surface area contributed by atoms with E-state index < -0.39 is 33.9 Å². The van der Waals surface area contributed by atoms with Crippen molar-refractivity contribution in [2.24, 2.45) is 40.4 Å². The molecule has 8 fully saturated rings. The quantitative estimate of drug-likeness (QED) is 0.280. The van der Waals surface area contributed by atoms with Crippen LogP contribution in [0.5, 0.6) is 0 Å². The summed E-state index contributed by atoms with van der Waals surface area (Å²) >= 11 is 0. The van der Waals surface area contributed by atoms with Gasteiger partial charge in [-0.05, 0) is 43.9 Å². The Labute approximate surface area is 293 Å². The third-order valence-electron chi connectivity index (χ3n) is 15.1. The second-order valence-corrected chi connectivity index (χ2v) is 16.3. The molecule has 50 heavy (non-hydrogen) atoms. The van der Waals surface area contributed by atoms with Gasteiger partial charge in [-0.3, -0.25) is 14.5 Å². The number of amides is 2. The molecule has 1 aromatic rings. The summed E-state index contributed by atoms with van der Waals surface area (Å²) in [6.45, 7) is 5.73. The zero-order valence-corrected chi connectivity index (χ0v) is 29.9. The number of hydrogen-bond donors (Lipinski definition) is 0. The predicted octanol–water partition coefficient (Wildman–Crippen LogP) is 3.05. The summed E-state index contributed by atoms with van der Waals surface area (Å²) in [5.41, 5.74) is -1.91. The normalized spacial score (nSPS) is 48.3. The summed E-state index contributed by atoms with van der Waals surface area (Å²) in [6.07, 6.45) is 2.77. The number of benzene rings is 1. The predicted molar refractivity (Wildman–Crippen MR) is 177 cm³/mol. The highest BCUT2D eigenvalue weighted by atomic mass is 16.7. The highest BCUT2D eigenvalue weighted by molar-refractivity contribution is 6.22. The van der Waals surface area contributed by atoms with E-state index in [1.807, 2.05) is 14.2 Å². The number of carbonyl (C=O) groups excluding carboxylic acids is 3. The summed E-state index contributed by atoms with van der Waals surface area (Å²) < 4.78 is 46.5. The van der Waals surface area contributed by atoms with E-state index in [1.54, 1.807) is 45.4 Å². The molecule has 14 atom stereocenters. The van der Waals surface area contributed by atoms with Crippen LogP contribution in [0.15, 0.2) is 24.3 Å². The molecule has 5 aliphatic carbocycles. The molecule has 9 rings (SSSR count). The van der Waals surface area contributed by atoms with Crippen LogP contribution in [-0.2, 0) is 42.7 Å². The van der Waals surface area contributed by atoms with E-state index in [-0.39, 0.29) is 97.0 Å². The number of nitrogens with zero attached hydrogens (tertiary/aromatic N) is 2. The number of para-hydroxylation sites is 1. The fourth-order valence-corrected chi connectivity index (χ4v) is 13.9. The van der Waals surface area contributed by atoms with Gasteiger partial charge in [0.2, 0.25) is 11.8 Å². The van der Waals surface area contributed by atoms with Crippen molar-refractivity contribution in [2.45, 2.75) is 87.6 Å².